The highest BCUT2D eigenvalue weighted by Crippen LogP contribution is 2.35. The molecule has 0 aliphatic heterocycles. The van der Waals surface area contributed by atoms with Gasteiger partial charge in [-0.05, 0) is 0 Å². The standard InChI is InChI=1S/C11H7F2NO2S/c12-11(13,7-4-2-1-3-5-7)8-6-17-9(14-8)10(15)16/h1-6H,(H,15,16). The Balaban J connectivity index is 2.41. The van der Waals surface area contributed by atoms with Gasteiger partial charge in [0.05, 0.1) is 0 Å². The van der Waals surface area contributed by atoms with Crippen molar-refractivity contribution < 1.29 is 18.7 Å². The molecule has 0 amide bonds. The lowest BCUT2D eigenvalue weighted by Crippen LogP contribution is -2.16. The van der Waals surface area contributed by atoms with Gasteiger partial charge in [0.2, 0.25) is 5.01 Å². The van der Waals surface area contributed by atoms with Crippen molar-refractivity contribution in [2.45, 2.75) is 5.92 Å². The lowest BCUT2D eigenvalue weighted by atomic mass is 10.1. The van der Waals surface area contributed by atoms with Crippen LogP contribution in [0.25, 0.3) is 0 Å². The van der Waals surface area contributed by atoms with Crippen LogP contribution in [0.15, 0.2) is 35.7 Å². The molecular weight excluding hydrogens is 248 g/mol. The molecule has 88 valence electrons. The van der Waals surface area contributed by atoms with Crippen molar-refractivity contribution in [3.05, 3.63) is 52.0 Å². The molecule has 2 aromatic rings. The van der Waals surface area contributed by atoms with Crippen LogP contribution < -0.4 is 0 Å². The van der Waals surface area contributed by atoms with Gasteiger partial charge in [-0.2, -0.15) is 8.78 Å². The molecule has 6 heteroatoms. The predicted molar refractivity (Wildman–Crippen MR) is 58.5 cm³/mol. The molecule has 0 bridgehead atoms. The maximum Gasteiger partial charge on any atom is 0.365 e. The first-order chi connectivity index (χ1) is 8.01. The molecule has 1 N–H and O–H groups in total. The van der Waals surface area contributed by atoms with Crippen LogP contribution in [0, 0.1) is 0 Å². The van der Waals surface area contributed by atoms with Crippen LogP contribution in [0.4, 0.5) is 8.78 Å². The number of carboxylic acids is 1. The summed E-state index contributed by atoms with van der Waals surface area (Å²) in [5.41, 5.74) is -0.742. The fraction of sp³-hybridized carbons (Fsp3) is 0.0909. The summed E-state index contributed by atoms with van der Waals surface area (Å²) in [4.78, 5) is 14.0. The number of aromatic nitrogens is 1. The minimum Gasteiger partial charge on any atom is -0.476 e. The number of hydrogen-bond donors (Lipinski definition) is 1. The molecule has 0 atom stereocenters. The van der Waals surface area contributed by atoms with Crippen LogP contribution in [0.2, 0.25) is 0 Å². The highest BCUT2D eigenvalue weighted by atomic mass is 32.1. The van der Waals surface area contributed by atoms with Gasteiger partial charge < -0.3 is 5.11 Å². The maximum absolute atomic E-state index is 13.9. The van der Waals surface area contributed by atoms with E-state index < -0.39 is 17.6 Å². The molecule has 1 aromatic heterocycles. The van der Waals surface area contributed by atoms with E-state index in [0.29, 0.717) is 11.3 Å². The van der Waals surface area contributed by atoms with Gasteiger partial charge in [-0.15, -0.1) is 11.3 Å². The second-order valence-electron chi connectivity index (χ2n) is 3.28. The van der Waals surface area contributed by atoms with Crippen molar-refractivity contribution in [2.75, 3.05) is 0 Å². The van der Waals surface area contributed by atoms with E-state index >= 15 is 0 Å². The van der Waals surface area contributed by atoms with Gasteiger partial charge in [-0.1, -0.05) is 30.3 Å². The molecule has 0 spiro atoms. The predicted octanol–water partition coefficient (Wildman–Crippen LogP) is 2.98. The van der Waals surface area contributed by atoms with E-state index in [-0.39, 0.29) is 10.6 Å². The Bertz CT molecular complexity index is 539. The molecule has 0 aliphatic carbocycles. The lowest BCUT2D eigenvalue weighted by Gasteiger charge is -2.13. The summed E-state index contributed by atoms with van der Waals surface area (Å²) in [5, 5.41) is 9.37. The van der Waals surface area contributed by atoms with Crippen molar-refractivity contribution >= 4 is 17.3 Å². The van der Waals surface area contributed by atoms with Crippen molar-refractivity contribution in [2.24, 2.45) is 0 Å². The van der Waals surface area contributed by atoms with Crippen molar-refractivity contribution in [1.29, 1.82) is 0 Å². The number of benzene rings is 1. The molecule has 2 rings (SSSR count). The summed E-state index contributed by atoms with van der Waals surface area (Å²) in [6.07, 6.45) is 0. The van der Waals surface area contributed by atoms with Crippen LogP contribution in [-0.2, 0) is 5.92 Å². The fourth-order valence-electron chi connectivity index (χ4n) is 1.31. The zero-order valence-corrected chi connectivity index (χ0v) is 9.25. The Morgan fingerprint density at radius 3 is 2.47 bits per heavy atom. The third-order valence-electron chi connectivity index (χ3n) is 2.15. The topological polar surface area (TPSA) is 50.2 Å². The highest BCUT2D eigenvalue weighted by Gasteiger charge is 2.37. The van der Waals surface area contributed by atoms with Gasteiger partial charge in [-0.3, -0.25) is 0 Å². The van der Waals surface area contributed by atoms with Gasteiger partial charge in [-0.25, -0.2) is 9.78 Å². The van der Waals surface area contributed by atoms with Crippen LogP contribution in [0.1, 0.15) is 21.1 Å². The Morgan fingerprint density at radius 2 is 1.94 bits per heavy atom. The third-order valence-corrected chi connectivity index (χ3v) is 2.98. The van der Waals surface area contributed by atoms with E-state index in [4.69, 9.17) is 5.11 Å². The molecular formula is C11H7F2NO2S. The number of nitrogens with zero attached hydrogens (tertiary/aromatic N) is 1. The molecule has 0 radical (unpaired) electrons. The van der Waals surface area contributed by atoms with Gasteiger partial charge in [0, 0.05) is 10.9 Å². The average Bonchev–Trinajstić information content (AvgIpc) is 2.80. The Kier molecular flexibility index (Phi) is 2.89. The SMILES string of the molecule is O=C(O)c1nc(C(F)(F)c2ccccc2)cs1. The number of halogens is 2. The molecule has 0 saturated carbocycles. The molecule has 0 aliphatic rings. The zero-order chi connectivity index (χ0) is 12.5. The summed E-state index contributed by atoms with van der Waals surface area (Å²) in [6, 6.07) is 7.17. The summed E-state index contributed by atoms with van der Waals surface area (Å²) < 4.78 is 27.8. The number of thiazole rings is 1. The van der Waals surface area contributed by atoms with Gasteiger partial charge in [0.15, 0.2) is 0 Å². The van der Waals surface area contributed by atoms with E-state index in [1.165, 1.54) is 24.3 Å². The normalized spacial score (nSPS) is 11.4. The number of carboxylic acid groups (broad SMARTS) is 1. The second kappa shape index (κ2) is 4.21. The minimum atomic E-state index is -3.27. The summed E-state index contributed by atoms with van der Waals surface area (Å²) in [6.45, 7) is 0. The van der Waals surface area contributed by atoms with Crippen LogP contribution in [-0.4, -0.2) is 16.1 Å². The van der Waals surface area contributed by atoms with E-state index in [2.05, 4.69) is 4.98 Å². The highest BCUT2D eigenvalue weighted by molar-refractivity contribution is 7.11. The lowest BCUT2D eigenvalue weighted by molar-refractivity contribution is 0.0384. The van der Waals surface area contributed by atoms with Crippen molar-refractivity contribution in [3.8, 4) is 0 Å². The van der Waals surface area contributed by atoms with Crippen LogP contribution in [0.5, 0.6) is 0 Å². The first-order valence-corrected chi connectivity index (χ1v) is 5.52. The first-order valence-electron chi connectivity index (χ1n) is 4.64. The van der Waals surface area contributed by atoms with Crippen LogP contribution >= 0.6 is 11.3 Å². The van der Waals surface area contributed by atoms with E-state index in [1.54, 1.807) is 6.07 Å². The summed E-state index contributed by atoms with van der Waals surface area (Å²) >= 11 is 0.689. The van der Waals surface area contributed by atoms with E-state index in [0.717, 1.165) is 5.38 Å². The third kappa shape index (κ3) is 2.16. The van der Waals surface area contributed by atoms with Crippen molar-refractivity contribution in [1.82, 2.24) is 4.98 Å². The Hall–Kier alpha value is -1.82. The largest absolute Gasteiger partial charge is 0.476 e. The van der Waals surface area contributed by atoms with Crippen LogP contribution in [0.3, 0.4) is 0 Å². The molecule has 0 unspecified atom stereocenters. The molecule has 1 heterocycles. The average molecular weight is 255 g/mol. The van der Waals surface area contributed by atoms with Gasteiger partial charge in [0.1, 0.15) is 5.69 Å². The Morgan fingerprint density at radius 1 is 1.29 bits per heavy atom. The number of alkyl halides is 2. The minimum absolute atomic E-state index is 0.206. The first kappa shape index (κ1) is 11.7. The zero-order valence-electron chi connectivity index (χ0n) is 8.43. The summed E-state index contributed by atoms with van der Waals surface area (Å²) in [5.74, 6) is -4.57. The number of carbonyl (C=O) groups is 1. The second-order valence-corrected chi connectivity index (χ2v) is 4.14. The number of aromatic carboxylic acids is 1. The van der Waals surface area contributed by atoms with E-state index in [1.807, 2.05) is 0 Å². The quantitative estimate of drug-likeness (QED) is 0.917. The number of rotatable bonds is 3. The van der Waals surface area contributed by atoms with Crippen molar-refractivity contribution in [3.63, 3.8) is 0 Å². The monoisotopic (exact) mass is 255 g/mol. The fourth-order valence-corrected chi connectivity index (χ4v) is 1.99. The molecule has 0 fully saturated rings. The Labute approximate surface area is 99.4 Å². The molecule has 17 heavy (non-hydrogen) atoms. The summed E-state index contributed by atoms with van der Waals surface area (Å²) in [7, 11) is 0. The molecule has 1 aromatic carbocycles. The van der Waals surface area contributed by atoms with Gasteiger partial charge >= 0.3 is 11.9 Å². The van der Waals surface area contributed by atoms with E-state index in [9.17, 15) is 13.6 Å². The van der Waals surface area contributed by atoms with Gasteiger partial charge in [0.25, 0.3) is 0 Å². The maximum atomic E-state index is 13.9. The molecule has 3 nitrogen and oxygen atoms in total. The smallest absolute Gasteiger partial charge is 0.365 e. The number of hydrogen-bond acceptors (Lipinski definition) is 3. The molecule has 0 saturated heterocycles.